The molecule has 1 rings (SSSR count). The Labute approximate surface area is 116 Å². The van der Waals surface area contributed by atoms with Gasteiger partial charge in [0.15, 0.2) is 0 Å². The molecule has 5 nitrogen and oxygen atoms in total. The smallest absolute Gasteiger partial charge is 0.318 e. The first kappa shape index (κ1) is 15.8. The van der Waals surface area contributed by atoms with Crippen LogP contribution in [0, 0.1) is 0 Å². The number of carbonyl (C=O) groups excluding carboxylic acids is 2. The fraction of sp³-hybridized carbons (Fsp3) is 0.857. The summed E-state index contributed by atoms with van der Waals surface area (Å²) < 4.78 is 0. The number of nitrogens with one attached hydrogen (secondary N) is 2. The molecule has 2 N–H and O–H groups in total. The first-order valence-corrected chi connectivity index (χ1v) is 7.17. The van der Waals surface area contributed by atoms with E-state index in [9.17, 15) is 9.59 Å². The van der Waals surface area contributed by atoms with Crippen molar-refractivity contribution in [3.8, 4) is 0 Å². The minimum atomic E-state index is -0.505. The predicted octanol–water partition coefficient (Wildman–Crippen LogP) is 1.88. The minimum Gasteiger partial charge on any atom is -0.350 e. The molecule has 5 heteroatoms. The first-order valence-electron chi connectivity index (χ1n) is 7.17. The molecule has 0 aromatic carbocycles. The maximum Gasteiger partial charge on any atom is 0.318 e. The molecule has 0 saturated carbocycles. The van der Waals surface area contributed by atoms with Crippen LogP contribution in [0.15, 0.2) is 0 Å². The van der Waals surface area contributed by atoms with Gasteiger partial charge < -0.3 is 15.5 Å². The molecule has 1 fully saturated rings. The molecule has 1 aliphatic rings. The number of carbonyl (C=O) groups is 2. The van der Waals surface area contributed by atoms with Gasteiger partial charge in [0.25, 0.3) is 0 Å². The standard InChI is InChI=1S/C14H27N3O2/c1-11(12(18)16-14(2,3)4)15-13(19)17-9-7-5-6-8-10-17/h11H,5-10H2,1-4H3,(H,15,19)(H,16,18). The second-order valence-corrected chi connectivity index (χ2v) is 6.31. The van der Waals surface area contributed by atoms with Gasteiger partial charge in [0.1, 0.15) is 6.04 Å². The van der Waals surface area contributed by atoms with Crippen molar-refractivity contribution in [2.45, 2.75) is 65.0 Å². The van der Waals surface area contributed by atoms with Gasteiger partial charge in [-0.2, -0.15) is 0 Å². The van der Waals surface area contributed by atoms with Crippen LogP contribution in [0.3, 0.4) is 0 Å². The Morgan fingerprint density at radius 1 is 1.05 bits per heavy atom. The summed E-state index contributed by atoms with van der Waals surface area (Å²) in [7, 11) is 0. The third-order valence-electron chi connectivity index (χ3n) is 3.12. The second kappa shape index (κ2) is 6.78. The van der Waals surface area contributed by atoms with Gasteiger partial charge >= 0.3 is 6.03 Å². The van der Waals surface area contributed by atoms with Gasteiger partial charge in [-0.25, -0.2) is 4.79 Å². The normalized spacial score (nSPS) is 18.4. The lowest BCUT2D eigenvalue weighted by Gasteiger charge is -2.26. The lowest BCUT2D eigenvalue weighted by molar-refractivity contribution is -0.124. The second-order valence-electron chi connectivity index (χ2n) is 6.31. The molecule has 1 unspecified atom stereocenters. The summed E-state index contributed by atoms with van der Waals surface area (Å²) in [5.74, 6) is -0.143. The van der Waals surface area contributed by atoms with E-state index in [-0.39, 0.29) is 17.5 Å². The van der Waals surface area contributed by atoms with E-state index in [1.807, 2.05) is 25.7 Å². The maximum absolute atomic E-state index is 12.1. The van der Waals surface area contributed by atoms with Crippen LogP contribution in [0.2, 0.25) is 0 Å². The van der Waals surface area contributed by atoms with Crippen molar-refractivity contribution in [1.29, 1.82) is 0 Å². The first-order chi connectivity index (χ1) is 8.79. The highest BCUT2D eigenvalue weighted by atomic mass is 16.2. The largest absolute Gasteiger partial charge is 0.350 e. The minimum absolute atomic E-state index is 0.126. The van der Waals surface area contributed by atoms with Crippen molar-refractivity contribution < 1.29 is 9.59 Å². The summed E-state index contributed by atoms with van der Waals surface area (Å²) in [6.45, 7) is 9.08. The van der Waals surface area contributed by atoms with E-state index in [4.69, 9.17) is 0 Å². The maximum atomic E-state index is 12.1. The monoisotopic (exact) mass is 269 g/mol. The zero-order valence-electron chi connectivity index (χ0n) is 12.6. The Hall–Kier alpha value is -1.26. The van der Waals surface area contributed by atoms with Gasteiger partial charge in [-0.05, 0) is 40.5 Å². The molecule has 1 saturated heterocycles. The van der Waals surface area contributed by atoms with E-state index in [1.54, 1.807) is 6.92 Å². The van der Waals surface area contributed by atoms with Gasteiger partial charge in [0.2, 0.25) is 5.91 Å². The number of hydrogen-bond acceptors (Lipinski definition) is 2. The molecule has 19 heavy (non-hydrogen) atoms. The molecule has 0 aromatic heterocycles. The Balaban J connectivity index is 2.44. The van der Waals surface area contributed by atoms with Crippen molar-refractivity contribution in [2.24, 2.45) is 0 Å². The molecule has 1 aliphatic heterocycles. The Bertz CT molecular complexity index is 315. The highest BCUT2D eigenvalue weighted by molar-refractivity contribution is 5.87. The van der Waals surface area contributed by atoms with Gasteiger partial charge in [-0.3, -0.25) is 4.79 Å². The van der Waals surface area contributed by atoms with Crippen molar-refractivity contribution in [3.63, 3.8) is 0 Å². The molecular formula is C14H27N3O2. The Morgan fingerprint density at radius 2 is 1.58 bits per heavy atom. The number of likely N-dealkylation sites (tertiary alicyclic amines) is 1. The number of nitrogens with zero attached hydrogens (tertiary/aromatic N) is 1. The summed E-state index contributed by atoms with van der Waals surface area (Å²) in [6.07, 6.45) is 4.47. The predicted molar refractivity (Wildman–Crippen MR) is 75.9 cm³/mol. The zero-order valence-corrected chi connectivity index (χ0v) is 12.6. The van der Waals surface area contributed by atoms with Crippen LogP contribution in [0.1, 0.15) is 53.4 Å². The highest BCUT2D eigenvalue weighted by Gasteiger charge is 2.23. The molecule has 1 atom stereocenters. The molecule has 0 bridgehead atoms. The molecule has 110 valence electrons. The Kier molecular flexibility index (Phi) is 5.63. The number of amides is 3. The SMILES string of the molecule is CC(NC(=O)N1CCCCCC1)C(=O)NC(C)(C)C. The molecule has 1 heterocycles. The molecule has 0 radical (unpaired) electrons. The van der Waals surface area contributed by atoms with E-state index < -0.39 is 6.04 Å². The lowest BCUT2D eigenvalue weighted by Crippen LogP contribution is -2.53. The van der Waals surface area contributed by atoms with Gasteiger partial charge in [-0.15, -0.1) is 0 Å². The Morgan fingerprint density at radius 3 is 2.05 bits per heavy atom. The average Bonchev–Trinajstić information content (AvgIpc) is 2.54. The number of urea groups is 1. The van der Waals surface area contributed by atoms with E-state index in [0.29, 0.717) is 0 Å². The van der Waals surface area contributed by atoms with E-state index in [0.717, 1.165) is 25.9 Å². The van der Waals surface area contributed by atoms with Crippen molar-refractivity contribution in [2.75, 3.05) is 13.1 Å². The van der Waals surface area contributed by atoms with Gasteiger partial charge in [-0.1, -0.05) is 12.8 Å². The quantitative estimate of drug-likeness (QED) is 0.804. The third kappa shape index (κ3) is 5.94. The third-order valence-corrected chi connectivity index (χ3v) is 3.12. The zero-order chi connectivity index (χ0) is 14.5. The molecule has 0 aromatic rings. The topological polar surface area (TPSA) is 61.4 Å². The molecule has 0 aliphatic carbocycles. The van der Waals surface area contributed by atoms with Crippen molar-refractivity contribution in [3.05, 3.63) is 0 Å². The van der Waals surface area contributed by atoms with Crippen LogP contribution < -0.4 is 10.6 Å². The van der Waals surface area contributed by atoms with E-state index in [1.165, 1.54) is 12.8 Å². The van der Waals surface area contributed by atoms with Crippen molar-refractivity contribution >= 4 is 11.9 Å². The summed E-state index contributed by atoms with van der Waals surface area (Å²) in [4.78, 5) is 25.8. The summed E-state index contributed by atoms with van der Waals surface area (Å²) in [5.41, 5.74) is -0.279. The van der Waals surface area contributed by atoms with E-state index >= 15 is 0 Å². The average molecular weight is 269 g/mol. The summed E-state index contributed by atoms with van der Waals surface area (Å²) in [6, 6.07) is -0.631. The van der Waals surface area contributed by atoms with Crippen LogP contribution >= 0.6 is 0 Å². The van der Waals surface area contributed by atoms with Crippen LogP contribution in [-0.2, 0) is 4.79 Å². The summed E-state index contributed by atoms with van der Waals surface area (Å²) >= 11 is 0. The van der Waals surface area contributed by atoms with Crippen LogP contribution in [0.25, 0.3) is 0 Å². The van der Waals surface area contributed by atoms with Gasteiger partial charge in [0.05, 0.1) is 0 Å². The fourth-order valence-electron chi connectivity index (χ4n) is 2.09. The van der Waals surface area contributed by atoms with Crippen LogP contribution in [0.4, 0.5) is 4.79 Å². The lowest BCUT2D eigenvalue weighted by atomic mass is 10.1. The van der Waals surface area contributed by atoms with Crippen LogP contribution in [0.5, 0.6) is 0 Å². The molecule has 0 spiro atoms. The highest BCUT2D eigenvalue weighted by Crippen LogP contribution is 2.09. The number of rotatable bonds is 2. The van der Waals surface area contributed by atoms with Crippen molar-refractivity contribution in [1.82, 2.24) is 15.5 Å². The number of hydrogen-bond donors (Lipinski definition) is 2. The molecular weight excluding hydrogens is 242 g/mol. The van der Waals surface area contributed by atoms with Crippen LogP contribution in [-0.4, -0.2) is 41.5 Å². The van der Waals surface area contributed by atoms with E-state index in [2.05, 4.69) is 10.6 Å². The molecule has 3 amide bonds. The summed E-state index contributed by atoms with van der Waals surface area (Å²) in [5, 5.41) is 5.64. The van der Waals surface area contributed by atoms with Gasteiger partial charge in [0, 0.05) is 18.6 Å². The fourth-order valence-corrected chi connectivity index (χ4v) is 2.09.